The minimum absolute atomic E-state index is 0.304. The molecule has 2 N–H and O–H groups in total. The highest BCUT2D eigenvalue weighted by Gasteiger charge is 2.27. The van der Waals surface area contributed by atoms with Gasteiger partial charge in [0, 0.05) is 44.1 Å². The fourth-order valence-corrected chi connectivity index (χ4v) is 3.21. The number of pyridine rings is 1. The van der Waals surface area contributed by atoms with Crippen molar-refractivity contribution in [1.29, 1.82) is 5.41 Å². The van der Waals surface area contributed by atoms with Crippen molar-refractivity contribution in [2.45, 2.75) is 6.92 Å². The maximum absolute atomic E-state index is 12.2. The number of carbonyl (C=O) groups excluding carboxylic acids is 1. The molecule has 3 heterocycles. The highest BCUT2D eigenvalue weighted by molar-refractivity contribution is 6.11. The highest BCUT2D eigenvalue weighted by Crippen LogP contribution is 2.19. The zero-order chi connectivity index (χ0) is 20.2. The number of benzene rings is 1. The molecule has 1 saturated heterocycles. The van der Waals surface area contributed by atoms with Crippen LogP contribution in [0.25, 0.3) is 0 Å². The number of anilines is 1. The molecule has 0 atom stereocenters. The smallest absolute Gasteiger partial charge is 0.365 e. The number of aliphatic imine (C=N–C) groups is 1. The number of hydrogen-bond acceptors (Lipinski definition) is 6. The zero-order valence-corrected chi connectivity index (χ0v) is 16.1. The Balaban J connectivity index is 1.37. The van der Waals surface area contributed by atoms with Crippen molar-refractivity contribution in [3.8, 4) is 0 Å². The van der Waals surface area contributed by atoms with E-state index >= 15 is 0 Å². The lowest BCUT2D eigenvalue weighted by atomic mass is 10.1. The Labute approximate surface area is 169 Å². The molecule has 0 radical (unpaired) electrons. The zero-order valence-electron chi connectivity index (χ0n) is 16.1. The van der Waals surface area contributed by atoms with Crippen molar-refractivity contribution >= 4 is 23.6 Å². The predicted octanol–water partition coefficient (Wildman–Crippen LogP) is 2.20. The van der Waals surface area contributed by atoms with E-state index in [2.05, 4.69) is 15.3 Å². The summed E-state index contributed by atoms with van der Waals surface area (Å²) < 4.78 is 5.36. The maximum Gasteiger partial charge on any atom is 0.365 e. The quantitative estimate of drug-likeness (QED) is 0.361. The van der Waals surface area contributed by atoms with Crippen LogP contribution in [0.2, 0.25) is 0 Å². The molecule has 2 aliphatic rings. The largest absolute Gasteiger partial charge is 0.402 e. The summed E-state index contributed by atoms with van der Waals surface area (Å²) in [6.45, 7) is 4.63. The molecular formula is C21H22N6O2. The Morgan fingerprint density at radius 2 is 1.90 bits per heavy atom. The molecule has 1 aromatic carbocycles. The number of nitrogens with one attached hydrogen (secondary N) is 2. The Morgan fingerprint density at radius 1 is 1.14 bits per heavy atom. The Bertz CT molecular complexity index is 978. The van der Waals surface area contributed by atoms with Crippen LogP contribution >= 0.6 is 0 Å². The van der Waals surface area contributed by atoms with Crippen LogP contribution in [-0.2, 0) is 9.53 Å². The van der Waals surface area contributed by atoms with Gasteiger partial charge in [-0.2, -0.15) is 0 Å². The van der Waals surface area contributed by atoms with Gasteiger partial charge in [0.15, 0.2) is 11.7 Å². The molecule has 29 heavy (non-hydrogen) atoms. The van der Waals surface area contributed by atoms with E-state index in [0.29, 0.717) is 49.6 Å². The van der Waals surface area contributed by atoms with Gasteiger partial charge in [-0.05, 0) is 30.7 Å². The second-order valence-corrected chi connectivity index (χ2v) is 6.85. The lowest BCUT2D eigenvalue weighted by Crippen LogP contribution is -2.48. The van der Waals surface area contributed by atoms with E-state index in [0.717, 1.165) is 11.1 Å². The molecule has 1 fully saturated rings. The number of nitrogens with zero attached hydrogens (tertiary/aromatic N) is 4. The molecule has 8 nitrogen and oxygen atoms in total. The number of ether oxygens (including phenoxy) is 1. The molecule has 0 aliphatic carbocycles. The lowest BCUT2D eigenvalue weighted by molar-refractivity contribution is -0.130. The first-order valence-corrected chi connectivity index (χ1v) is 9.44. The van der Waals surface area contributed by atoms with E-state index in [1.807, 2.05) is 59.2 Å². The van der Waals surface area contributed by atoms with Crippen LogP contribution in [0, 0.1) is 12.3 Å². The van der Waals surface area contributed by atoms with Gasteiger partial charge in [0.2, 0.25) is 5.90 Å². The van der Waals surface area contributed by atoms with E-state index in [1.165, 1.54) is 0 Å². The highest BCUT2D eigenvalue weighted by atomic mass is 16.6. The Morgan fingerprint density at radius 3 is 2.62 bits per heavy atom. The summed E-state index contributed by atoms with van der Waals surface area (Å²) >= 11 is 0. The molecule has 4 rings (SSSR count). The van der Waals surface area contributed by atoms with Crippen LogP contribution in [0.1, 0.15) is 11.1 Å². The fraction of sp³-hybridized carbons (Fsp3) is 0.238. The van der Waals surface area contributed by atoms with Gasteiger partial charge in [0.1, 0.15) is 5.82 Å². The van der Waals surface area contributed by atoms with E-state index in [4.69, 9.17) is 10.1 Å². The van der Waals surface area contributed by atoms with Crippen LogP contribution in [0.15, 0.2) is 65.6 Å². The molecule has 0 amide bonds. The third-order valence-electron chi connectivity index (χ3n) is 4.84. The molecule has 8 heteroatoms. The molecular weight excluding hydrogens is 368 g/mol. The van der Waals surface area contributed by atoms with Crippen molar-refractivity contribution in [3.63, 3.8) is 0 Å². The topological polar surface area (TPSA) is 93.9 Å². The summed E-state index contributed by atoms with van der Waals surface area (Å²) in [4.78, 5) is 24.8. The van der Waals surface area contributed by atoms with Gasteiger partial charge in [-0.15, -0.1) is 0 Å². The van der Waals surface area contributed by atoms with Gasteiger partial charge < -0.3 is 19.9 Å². The lowest BCUT2D eigenvalue weighted by Gasteiger charge is -2.35. The van der Waals surface area contributed by atoms with Crippen LogP contribution in [-0.4, -0.2) is 58.8 Å². The van der Waals surface area contributed by atoms with Gasteiger partial charge in [0.05, 0.1) is 0 Å². The second kappa shape index (κ2) is 8.14. The average molecular weight is 390 g/mol. The third kappa shape index (κ3) is 4.26. The van der Waals surface area contributed by atoms with E-state index in [9.17, 15) is 4.79 Å². The van der Waals surface area contributed by atoms with Crippen molar-refractivity contribution in [1.82, 2.24) is 14.8 Å². The first-order valence-electron chi connectivity index (χ1n) is 9.44. The summed E-state index contributed by atoms with van der Waals surface area (Å²) in [5.74, 6) is 0.875. The van der Waals surface area contributed by atoms with E-state index in [1.54, 1.807) is 12.4 Å². The number of piperazine rings is 1. The maximum atomic E-state index is 12.2. The van der Waals surface area contributed by atoms with Crippen molar-refractivity contribution in [2.75, 3.05) is 31.5 Å². The van der Waals surface area contributed by atoms with Crippen LogP contribution in [0.5, 0.6) is 0 Å². The average Bonchev–Trinajstić information content (AvgIpc) is 3.09. The van der Waals surface area contributed by atoms with Gasteiger partial charge in [-0.1, -0.05) is 24.3 Å². The number of rotatable bonds is 3. The number of guanidine groups is 1. The normalized spacial score (nSPS) is 17.9. The predicted molar refractivity (Wildman–Crippen MR) is 111 cm³/mol. The minimum atomic E-state index is -0.435. The molecule has 2 aliphatic heterocycles. The number of hydrogen-bond donors (Lipinski definition) is 2. The minimum Gasteiger partial charge on any atom is -0.402 e. The summed E-state index contributed by atoms with van der Waals surface area (Å²) in [5, 5.41) is 11.2. The first-order chi connectivity index (χ1) is 14.1. The van der Waals surface area contributed by atoms with Crippen LogP contribution in [0.3, 0.4) is 0 Å². The number of esters is 1. The monoisotopic (exact) mass is 390 g/mol. The van der Waals surface area contributed by atoms with Gasteiger partial charge in [0.25, 0.3) is 0 Å². The molecule has 2 aromatic rings. The number of carbonyl (C=O) groups is 1. The standard InChI is InChI=1S/C21H22N6O2/c1-15-6-2-3-7-16(15)19-24-17(20(28)29-19)14-26-10-12-27(13-11-26)21(22)25-18-8-4-5-9-23-18/h2-9,14H,10-13H2,1H3,(H2,22,23,25)/b17-14+. The number of aromatic nitrogens is 1. The third-order valence-corrected chi connectivity index (χ3v) is 4.84. The van der Waals surface area contributed by atoms with Crippen LogP contribution in [0.4, 0.5) is 5.82 Å². The van der Waals surface area contributed by atoms with Crippen LogP contribution < -0.4 is 5.32 Å². The van der Waals surface area contributed by atoms with E-state index < -0.39 is 5.97 Å². The van der Waals surface area contributed by atoms with Crippen molar-refractivity contribution < 1.29 is 9.53 Å². The molecule has 0 spiro atoms. The molecule has 148 valence electrons. The second-order valence-electron chi connectivity index (χ2n) is 6.85. The SMILES string of the molecule is Cc1ccccc1C1=N/C(=C/N2CCN(C(=N)Nc3ccccn3)CC2)C(=O)O1. The van der Waals surface area contributed by atoms with Crippen molar-refractivity contribution in [2.24, 2.45) is 4.99 Å². The Kier molecular flexibility index (Phi) is 5.24. The summed E-state index contributed by atoms with van der Waals surface area (Å²) in [7, 11) is 0. The Hall–Kier alpha value is -3.68. The summed E-state index contributed by atoms with van der Waals surface area (Å²) in [6, 6.07) is 13.2. The summed E-state index contributed by atoms with van der Waals surface area (Å²) in [6.07, 6.45) is 3.44. The fourth-order valence-electron chi connectivity index (χ4n) is 3.21. The number of cyclic esters (lactones) is 1. The molecule has 0 bridgehead atoms. The summed E-state index contributed by atoms with van der Waals surface area (Å²) in [5.41, 5.74) is 2.13. The molecule has 1 aromatic heterocycles. The molecule has 0 unspecified atom stereocenters. The first kappa shape index (κ1) is 18.7. The van der Waals surface area contributed by atoms with Gasteiger partial charge in [-0.3, -0.25) is 5.41 Å². The van der Waals surface area contributed by atoms with Crippen molar-refractivity contribution in [3.05, 3.63) is 71.7 Å². The number of aryl methyl sites for hydroxylation is 1. The van der Waals surface area contributed by atoms with Gasteiger partial charge >= 0.3 is 5.97 Å². The van der Waals surface area contributed by atoms with E-state index in [-0.39, 0.29) is 0 Å². The molecule has 0 saturated carbocycles. The van der Waals surface area contributed by atoms with Gasteiger partial charge in [-0.25, -0.2) is 14.8 Å².